The largest absolute Gasteiger partial charge is 0.416 e. The summed E-state index contributed by atoms with van der Waals surface area (Å²) in [4.78, 5) is 0. The first-order valence-corrected chi connectivity index (χ1v) is 9.00. The monoisotopic (exact) mass is 473 g/mol. The Bertz CT molecular complexity index is 839. The summed E-state index contributed by atoms with van der Waals surface area (Å²) < 4.78 is 103. The predicted octanol–water partition coefficient (Wildman–Crippen LogP) is 6.05. The van der Waals surface area contributed by atoms with E-state index in [-0.39, 0.29) is 30.6 Å². The fraction of sp³-hybridized carbons (Fsp3) is 0.400. The van der Waals surface area contributed by atoms with Gasteiger partial charge in [-0.15, -0.1) is 12.4 Å². The number of alkyl halides is 6. The number of benzene rings is 2. The molecule has 1 heterocycles. The van der Waals surface area contributed by atoms with Gasteiger partial charge in [-0.3, -0.25) is 0 Å². The number of hydrogen-bond acceptors (Lipinski definition) is 3. The third kappa shape index (κ3) is 6.31. The third-order valence-electron chi connectivity index (χ3n) is 4.67. The molecule has 0 spiro atoms. The first-order chi connectivity index (χ1) is 13.9. The molecule has 1 saturated heterocycles. The van der Waals surface area contributed by atoms with Crippen LogP contribution in [-0.2, 0) is 21.8 Å². The summed E-state index contributed by atoms with van der Waals surface area (Å²) in [6.45, 7) is 2.01. The van der Waals surface area contributed by atoms with Crippen LogP contribution in [0.5, 0.6) is 0 Å². The Hall–Kier alpha value is -1.88. The summed E-state index contributed by atoms with van der Waals surface area (Å²) in [7, 11) is 0. The van der Waals surface area contributed by atoms with Crippen molar-refractivity contribution >= 4 is 12.4 Å². The van der Waals surface area contributed by atoms with Gasteiger partial charge in [-0.05, 0) is 48.4 Å². The van der Waals surface area contributed by atoms with Crippen molar-refractivity contribution in [2.24, 2.45) is 0 Å². The molecule has 3 atom stereocenters. The van der Waals surface area contributed by atoms with Crippen molar-refractivity contribution in [1.82, 2.24) is 5.32 Å². The van der Waals surface area contributed by atoms with Crippen LogP contribution in [0, 0.1) is 5.82 Å². The Morgan fingerprint density at radius 1 is 0.968 bits per heavy atom. The van der Waals surface area contributed by atoms with Crippen molar-refractivity contribution in [2.75, 3.05) is 13.2 Å². The van der Waals surface area contributed by atoms with E-state index in [0.29, 0.717) is 24.2 Å². The summed E-state index contributed by atoms with van der Waals surface area (Å²) >= 11 is 0. The summed E-state index contributed by atoms with van der Waals surface area (Å²) in [6, 6.07) is 6.20. The molecule has 1 aliphatic rings. The van der Waals surface area contributed by atoms with Crippen molar-refractivity contribution in [3.05, 3.63) is 70.5 Å². The first-order valence-electron chi connectivity index (χ1n) is 9.00. The Morgan fingerprint density at radius 3 is 2.03 bits per heavy atom. The minimum absolute atomic E-state index is 0. The lowest BCUT2D eigenvalue weighted by atomic mass is 10.0. The van der Waals surface area contributed by atoms with Crippen LogP contribution in [0.2, 0.25) is 0 Å². The lowest BCUT2D eigenvalue weighted by Crippen LogP contribution is -2.43. The van der Waals surface area contributed by atoms with Gasteiger partial charge in [-0.1, -0.05) is 12.1 Å². The molecule has 0 saturated carbocycles. The van der Waals surface area contributed by atoms with Crippen LogP contribution in [0.25, 0.3) is 0 Å². The Kier molecular flexibility index (Phi) is 7.96. The lowest BCUT2D eigenvalue weighted by Gasteiger charge is -2.34. The van der Waals surface area contributed by atoms with E-state index < -0.39 is 47.7 Å². The van der Waals surface area contributed by atoms with E-state index in [0.717, 1.165) is 0 Å². The van der Waals surface area contributed by atoms with E-state index in [9.17, 15) is 30.7 Å². The minimum Gasteiger partial charge on any atom is -0.349 e. The summed E-state index contributed by atoms with van der Waals surface area (Å²) in [5.74, 6) is -0.454. The van der Waals surface area contributed by atoms with Crippen molar-refractivity contribution in [1.29, 1.82) is 0 Å². The van der Waals surface area contributed by atoms with E-state index in [1.54, 1.807) is 0 Å². The second kappa shape index (κ2) is 9.72. The Labute approximate surface area is 179 Å². The molecule has 2 aromatic rings. The highest BCUT2D eigenvalue weighted by atomic mass is 35.5. The number of morpholine rings is 1. The highest BCUT2D eigenvalue weighted by molar-refractivity contribution is 5.85. The molecule has 11 heteroatoms. The van der Waals surface area contributed by atoms with Gasteiger partial charge < -0.3 is 14.8 Å². The zero-order valence-corrected chi connectivity index (χ0v) is 16.9. The fourth-order valence-electron chi connectivity index (χ4n) is 3.14. The number of rotatable bonds is 4. The normalized spacial score (nSPS) is 20.8. The maximum atomic E-state index is 13.2. The van der Waals surface area contributed by atoms with Gasteiger partial charge in [-0.2, -0.15) is 26.3 Å². The van der Waals surface area contributed by atoms with Gasteiger partial charge in [-0.25, -0.2) is 4.39 Å². The molecule has 1 fully saturated rings. The highest BCUT2D eigenvalue weighted by Gasteiger charge is 2.38. The SMILES string of the molecule is C[C@@H](OC1OCCN[C@H]1c1ccc(F)cc1)c1cc(C(F)(F)F)cc(C(F)(F)F)c1.Cl. The van der Waals surface area contributed by atoms with Gasteiger partial charge in [0.2, 0.25) is 0 Å². The topological polar surface area (TPSA) is 30.5 Å². The van der Waals surface area contributed by atoms with Crippen LogP contribution in [0.4, 0.5) is 30.7 Å². The average Bonchev–Trinajstić information content (AvgIpc) is 2.67. The third-order valence-corrected chi connectivity index (χ3v) is 4.67. The maximum absolute atomic E-state index is 13.2. The van der Waals surface area contributed by atoms with Crippen LogP contribution in [0.1, 0.15) is 41.3 Å². The predicted molar refractivity (Wildman–Crippen MR) is 100 cm³/mol. The molecular formula is C20H19ClF7NO2. The van der Waals surface area contributed by atoms with Crippen LogP contribution >= 0.6 is 12.4 Å². The summed E-state index contributed by atoms with van der Waals surface area (Å²) in [5.41, 5.74) is -2.52. The summed E-state index contributed by atoms with van der Waals surface area (Å²) in [5, 5.41) is 3.10. The number of nitrogens with one attached hydrogen (secondary N) is 1. The van der Waals surface area contributed by atoms with Gasteiger partial charge in [0, 0.05) is 6.54 Å². The molecule has 31 heavy (non-hydrogen) atoms. The Balaban J connectivity index is 0.00000341. The number of halogens is 8. The minimum atomic E-state index is -4.95. The van der Waals surface area contributed by atoms with Crippen LogP contribution in [0.15, 0.2) is 42.5 Å². The average molecular weight is 474 g/mol. The molecule has 172 valence electrons. The van der Waals surface area contributed by atoms with E-state index >= 15 is 0 Å². The van der Waals surface area contributed by atoms with Crippen molar-refractivity contribution in [3.63, 3.8) is 0 Å². The molecule has 1 unspecified atom stereocenters. The highest BCUT2D eigenvalue weighted by Crippen LogP contribution is 2.38. The molecule has 0 amide bonds. The molecule has 0 radical (unpaired) electrons. The zero-order chi connectivity index (χ0) is 22.1. The van der Waals surface area contributed by atoms with Gasteiger partial charge in [0.1, 0.15) is 5.82 Å². The number of ether oxygens (including phenoxy) is 2. The van der Waals surface area contributed by atoms with Crippen LogP contribution in [-0.4, -0.2) is 19.4 Å². The van der Waals surface area contributed by atoms with Crippen LogP contribution < -0.4 is 5.32 Å². The molecule has 3 nitrogen and oxygen atoms in total. The van der Waals surface area contributed by atoms with E-state index in [2.05, 4.69) is 5.32 Å². The number of hydrogen-bond donors (Lipinski definition) is 1. The summed E-state index contributed by atoms with van der Waals surface area (Å²) in [6.07, 6.45) is -12.0. The van der Waals surface area contributed by atoms with Crippen molar-refractivity contribution in [3.8, 4) is 0 Å². The van der Waals surface area contributed by atoms with Gasteiger partial charge in [0.25, 0.3) is 0 Å². The fourth-order valence-corrected chi connectivity index (χ4v) is 3.14. The maximum Gasteiger partial charge on any atom is 0.416 e. The molecule has 0 bridgehead atoms. The van der Waals surface area contributed by atoms with Gasteiger partial charge in [0.15, 0.2) is 6.29 Å². The molecule has 0 aromatic heterocycles. The van der Waals surface area contributed by atoms with Crippen LogP contribution in [0.3, 0.4) is 0 Å². The zero-order valence-electron chi connectivity index (χ0n) is 16.1. The molecular weight excluding hydrogens is 455 g/mol. The smallest absolute Gasteiger partial charge is 0.349 e. The van der Waals surface area contributed by atoms with Crippen molar-refractivity contribution < 1.29 is 40.2 Å². The first kappa shape index (κ1) is 25.4. The second-order valence-corrected chi connectivity index (χ2v) is 6.84. The van der Waals surface area contributed by atoms with Crippen molar-refractivity contribution in [2.45, 2.75) is 37.7 Å². The quantitative estimate of drug-likeness (QED) is 0.548. The second-order valence-electron chi connectivity index (χ2n) is 6.84. The molecule has 1 N–H and O–H groups in total. The molecule has 1 aliphatic heterocycles. The lowest BCUT2D eigenvalue weighted by molar-refractivity contribution is -0.200. The van der Waals surface area contributed by atoms with E-state index in [1.807, 2.05) is 0 Å². The standard InChI is InChI=1S/C20H18F7NO2.ClH/c1-11(13-8-14(19(22,23)24)10-15(9-13)20(25,26)27)30-18-17(28-6-7-29-18)12-2-4-16(21)5-3-12;/h2-5,8-11,17-18,28H,6-7H2,1H3;1H/t11-,17+,18?;/m1./s1. The Morgan fingerprint density at radius 2 is 1.52 bits per heavy atom. The molecule has 2 aromatic carbocycles. The van der Waals surface area contributed by atoms with Gasteiger partial charge in [0.05, 0.1) is 29.9 Å². The van der Waals surface area contributed by atoms with E-state index in [4.69, 9.17) is 9.47 Å². The molecule has 0 aliphatic carbocycles. The molecule has 3 rings (SSSR count). The van der Waals surface area contributed by atoms with E-state index in [1.165, 1.54) is 31.2 Å². The van der Waals surface area contributed by atoms with Gasteiger partial charge >= 0.3 is 12.4 Å².